The summed E-state index contributed by atoms with van der Waals surface area (Å²) >= 11 is 5.08. The highest BCUT2D eigenvalue weighted by Crippen LogP contribution is 2.31. The lowest BCUT2D eigenvalue weighted by Crippen LogP contribution is -2.58. The zero-order valence-electron chi connectivity index (χ0n) is 5.10. The highest BCUT2D eigenvalue weighted by atomic mass is 35.5. The Balaban J connectivity index is 2.63. The van der Waals surface area contributed by atoms with Crippen LogP contribution in [0.3, 0.4) is 0 Å². The average molecular weight is 205 g/mol. The molecule has 0 aromatic carbocycles. The van der Waals surface area contributed by atoms with E-state index in [0.717, 1.165) is 0 Å². The topological polar surface area (TPSA) is 93.1 Å². The molecule has 1 aliphatic rings. The summed E-state index contributed by atoms with van der Waals surface area (Å²) in [5.41, 5.74) is 0. The van der Waals surface area contributed by atoms with Crippen molar-refractivity contribution in [2.75, 3.05) is 5.88 Å². The third kappa shape index (κ3) is 1.63. The molecule has 1 aliphatic heterocycles. The lowest BCUT2D eigenvalue weighted by atomic mass is 10.3. The molecule has 0 aromatic rings. The van der Waals surface area contributed by atoms with E-state index in [9.17, 15) is 8.42 Å². The van der Waals surface area contributed by atoms with Crippen LogP contribution in [0.2, 0.25) is 0 Å². The van der Waals surface area contributed by atoms with Crippen molar-refractivity contribution in [2.45, 2.75) is 12.1 Å². The number of hydrogen-bond acceptors (Lipinski definition) is 6. The molecule has 66 valence electrons. The normalized spacial score (nSPS) is 29.0. The second kappa shape index (κ2) is 2.54. The fourth-order valence-electron chi connectivity index (χ4n) is 0.507. The van der Waals surface area contributed by atoms with Gasteiger partial charge in [0.2, 0.25) is 0 Å². The van der Waals surface area contributed by atoms with Gasteiger partial charge in [-0.25, -0.2) is 0 Å². The van der Waals surface area contributed by atoms with Crippen LogP contribution in [0.25, 0.3) is 0 Å². The molecule has 8 heteroatoms. The Kier molecular flexibility index (Phi) is 2.12. The molecule has 2 N–H and O–H groups in total. The largest absolute Gasteiger partial charge is 0.409 e. The first-order valence-corrected chi connectivity index (χ1v) is 4.39. The summed E-state index contributed by atoms with van der Waals surface area (Å²) < 4.78 is 28.0. The molecule has 0 spiro atoms. The number of aliphatic hydroxyl groups is 2. The van der Waals surface area contributed by atoms with Gasteiger partial charge >= 0.3 is 16.4 Å². The molecule has 0 radical (unpaired) electrons. The molecule has 0 amide bonds. The molecule has 6 nitrogen and oxygen atoms in total. The lowest BCUT2D eigenvalue weighted by Gasteiger charge is -2.35. The Morgan fingerprint density at radius 1 is 1.55 bits per heavy atom. The monoisotopic (exact) mass is 204 g/mol. The van der Waals surface area contributed by atoms with Crippen molar-refractivity contribution >= 4 is 22.0 Å². The Morgan fingerprint density at radius 2 is 2.00 bits per heavy atom. The quantitative estimate of drug-likeness (QED) is 0.533. The van der Waals surface area contributed by atoms with Crippen molar-refractivity contribution < 1.29 is 27.0 Å². The summed E-state index contributed by atoms with van der Waals surface area (Å²) in [7, 11) is -4.11. The van der Waals surface area contributed by atoms with Crippen molar-refractivity contribution in [3.8, 4) is 0 Å². The van der Waals surface area contributed by atoms with Crippen LogP contribution in [0.4, 0.5) is 0 Å². The van der Waals surface area contributed by atoms with Crippen molar-refractivity contribution in [3.63, 3.8) is 0 Å². The second-order valence-electron chi connectivity index (χ2n) is 1.88. The van der Waals surface area contributed by atoms with Crippen molar-refractivity contribution in [3.05, 3.63) is 0 Å². The van der Waals surface area contributed by atoms with E-state index < -0.39 is 28.4 Å². The maximum atomic E-state index is 10.2. The minimum atomic E-state index is -4.11. The average Bonchev–Trinajstić information content (AvgIpc) is 1.81. The fourth-order valence-corrected chi connectivity index (χ4v) is 1.52. The number of hydrogen-bond donors (Lipinski definition) is 2. The van der Waals surface area contributed by atoms with Crippen LogP contribution < -0.4 is 0 Å². The first kappa shape index (κ1) is 9.17. The number of halogens is 1. The Bertz CT molecular complexity index is 235. The predicted octanol–water partition coefficient (Wildman–Crippen LogP) is -1.48. The summed E-state index contributed by atoms with van der Waals surface area (Å²) in [5, 5.41) is 17.6. The molecule has 0 bridgehead atoms. The summed E-state index contributed by atoms with van der Waals surface area (Å²) in [6, 6.07) is 0. The molecule has 1 atom stereocenters. The van der Waals surface area contributed by atoms with Crippen molar-refractivity contribution in [2.24, 2.45) is 0 Å². The van der Waals surface area contributed by atoms with Crippen LogP contribution in [0, 0.1) is 0 Å². The first-order chi connectivity index (χ1) is 4.90. The van der Waals surface area contributed by atoms with Gasteiger partial charge in [0.05, 0.1) is 5.88 Å². The molecular formula is C3H5ClO6S. The van der Waals surface area contributed by atoms with Crippen LogP contribution in [0.1, 0.15) is 0 Å². The number of alkyl halides is 1. The van der Waals surface area contributed by atoms with Gasteiger partial charge < -0.3 is 10.2 Å². The maximum Gasteiger partial charge on any atom is 0.409 e. The van der Waals surface area contributed by atoms with Crippen LogP contribution in [-0.2, 0) is 18.8 Å². The van der Waals surface area contributed by atoms with Crippen LogP contribution in [-0.4, -0.2) is 36.6 Å². The summed E-state index contributed by atoms with van der Waals surface area (Å²) in [5.74, 6) is -2.90. The molecule has 1 unspecified atom stereocenters. The smallest absolute Gasteiger partial charge is 0.383 e. The van der Waals surface area contributed by atoms with Crippen molar-refractivity contribution in [1.82, 2.24) is 0 Å². The molecule has 0 aliphatic carbocycles. The number of aliphatic hydroxyl groups excluding tert-OH is 1. The summed E-state index contributed by atoms with van der Waals surface area (Å²) in [4.78, 5) is 0. The van der Waals surface area contributed by atoms with Crippen LogP contribution >= 0.6 is 11.6 Å². The highest BCUT2D eigenvalue weighted by molar-refractivity contribution is 7.82. The summed E-state index contributed by atoms with van der Waals surface area (Å²) in [6.07, 6.45) is -1.59. The van der Waals surface area contributed by atoms with E-state index in [0.29, 0.717) is 0 Å². The van der Waals surface area contributed by atoms with E-state index in [1.807, 2.05) is 0 Å². The standard InChI is InChI=1S/C3H5ClO6S/c4-1-2(5)3(6)9-11(7,8)10-3/h2,5-6H,1H2. The van der Waals surface area contributed by atoms with Gasteiger partial charge in [0, 0.05) is 0 Å². The molecular weight excluding hydrogens is 200 g/mol. The van der Waals surface area contributed by atoms with E-state index in [2.05, 4.69) is 8.37 Å². The van der Waals surface area contributed by atoms with Gasteiger partial charge in [-0.2, -0.15) is 16.8 Å². The molecule has 0 saturated carbocycles. The third-order valence-electron chi connectivity index (χ3n) is 1.01. The zero-order chi connectivity index (χ0) is 8.70. The zero-order valence-corrected chi connectivity index (χ0v) is 6.67. The van der Waals surface area contributed by atoms with Gasteiger partial charge in [-0.1, -0.05) is 0 Å². The Morgan fingerprint density at radius 3 is 2.27 bits per heavy atom. The van der Waals surface area contributed by atoms with Crippen LogP contribution in [0.15, 0.2) is 0 Å². The Hall–Kier alpha value is 0.0800. The molecule has 1 rings (SSSR count). The van der Waals surface area contributed by atoms with E-state index >= 15 is 0 Å². The predicted molar refractivity (Wildman–Crippen MR) is 32.8 cm³/mol. The highest BCUT2D eigenvalue weighted by Gasteiger charge is 2.56. The fraction of sp³-hybridized carbons (Fsp3) is 1.00. The number of rotatable bonds is 2. The summed E-state index contributed by atoms with van der Waals surface area (Å²) in [6.45, 7) is 0. The van der Waals surface area contributed by atoms with E-state index in [1.165, 1.54) is 0 Å². The van der Waals surface area contributed by atoms with E-state index in [1.54, 1.807) is 0 Å². The third-order valence-corrected chi connectivity index (χ3v) is 2.19. The maximum absolute atomic E-state index is 10.2. The van der Waals surface area contributed by atoms with Crippen LogP contribution in [0.5, 0.6) is 0 Å². The van der Waals surface area contributed by atoms with Crippen molar-refractivity contribution in [1.29, 1.82) is 0 Å². The first-order valence-electron chi connectivity index (χ1n) is 2.52. The molecule has 11 heavy (non-hydrogen) atoms. The minimum absolute atomic E-state index is 0.397. The van der Waals surface area contributed by atoms with E-state index in [4.69, 9.17) is 21.8 Å². The van der Waals surface area contributed by atoms with Gasteiger partial charge in [-0.3, -0.25) is 0 Å². The SMILES string of the molecule is O=S1(=O)OC(O)(C(O)CCl)O1. The van der Waals surface area contributed by atoms with Gasteiger partial charge in [0.1, 0.15) is 0 Å². The van der Waals surface area contributed by atoms with Gasteiger partial charge in [-0.05, 0) is 0 Å². The molecule has 1 saturated heterocycles. The molecule has 1 heterocycles. The van der Waals surface area contributed by atoms with Gasteiger partial charge in [0.15, 0.2) is 6.10 Å². The minimum Gasteiger partial charge on any atom is -0.383 e. The van der Waals surface area contributed by atoms with Gasteiger partial charge in [-0.15, -0.1) is 11.6 Å². The molecule has 1 fully saturated rings. The Labute approximate surface area is 67.6 Å². The lowest BCUT2D eigenvalue weighted by molar-refractivity contribution is -0.362. The van der Waals surface area contributed by atoms with E-state index in [-0.39, 0.29) is 0 Å². The van der Waals surface area contributed by atoms with Gasteiger partial charge in [0.25, 0.3) is 0 Å². The second-order valence-corrected chi connectivity index (χ2v) is 3.33. The molecule has 0 aromatic heterocycles.